The number of nitrogens with one attached hydrogen (secondary N) is 1. The minimum atomic E-state index is 0.0835. The normalized spacial score (nSPS) is 14.8. The fourth-order valence-electron chi connectivity index (χ4n) is 3.82. The van der Waals surface area contributed by atoms with Crippen LogP contribution in [0.5, 0.6) is 0 Å². The number of amides is 1. The summed E-state index contributed by atoms with van der Waals surface area (Å²) in [5.41, 5.74) is 3.10. The van der Waals surface area contributed by atoms with E-state index < -0.39 is 0 Å². The first-order chi connectivity index (χ1) is 14.2. The summed E-state index contributed by atoms with van der Waals surface area (Å²) in [4.78, 5) is 21.9. The van der Waals surface area contributed by atoms with Gasteiger partial charge in [-0.1, -0.05) is 79.1 Å². The van der Waals surface area contributed by atoms with E-state index in [4.69, 9.17) is 9.97 Å². The Balaban J connectivity index is 1.48. The van der Waals surface area contributed by atoms with E-state index in [1.165, 1.54) is 49.4 Å². The molecule has 0 radical (unpaired) electrons. The van der Waals surface area contributed by atoms with E-state index in [2.05, 4.69) is 24.4 Å². The van der Waals surface area contributed by atoms with Crippen LogP contribution in [-0.4, -0.2) is 28.2 Å². The van der Waals surface area contributed by atoms with Crippen molar-refractivity contribution >= 4 is 28.6 Å². The number of rotatable bonds is 6. The molecule has 2 aromatic carbocycles. The molecule has 4 nitrogen and oxygen atoms in total. The number of hydrogen-bond acceptors (Lipinski definition) is 4. The lowest BCUT2D eigenvalue weighted by atomic mass is 9.89. The van der Waals surface area contributed by atoms with Crippen LogP contribution in [0.4, 0.5) is 0 Å². The van der Waals surface area contributed by atoms with Gasteiger partial charge in [-0.05, 0) is 31.7 Å². The van der Waals surface area contributed by atoms with E-state index in [0.717, 1.165) is 28.0 Å². The van der Waals surface area contributed by atoms with Gasteiger partial charge in [0.1, 0.15) is 5.03 Å². The van der Waals surface area contributed by atoms with Gasteiger partial charge in [-0.15, -0.1) is 0 Å². The number of carbonyl (C=O) groups excluding carboxylic acids is 1. The number of hydrogen-bond donors (Lipinski definition) is 1. The highest BCUT2D eigenvalue weighted by molar-refractivity contribution is 8.00. The summed E-state index contributed by atoms with van der Waals surface area (Å²) in [6.07, 6.45) is 6.41. The van der Waals surface area contributed by atoms with Gasteiger partial charge >= 0.3 is 0 Å². The second kappa shape index (κ2) is 9.40. The molecule has 0 saturated heterocycles. The average Bonchev–Trinajstić information content (AvgIpc) is 2.77. The van der Waals surface area contributed by atoms with Gasteiger partial charge < -0.3 is 5.32 Å². The van der Waals surface area contributed by atoms with Crippen LogP contribution in [0.15, 0.2) is 53.6 Å². The summed E-state index contributed by atoms with van der Waals surface area (Å²) in [7, 11) is 0. The molecule has 0 atom stereocenters. The van der Waals surface area contributed by atoms with Crippen molar-refractivity contribution in [3.05, 3.63) is 54.1 Å². The molecule has 150 valence electrons. The van der Waals surface area contributed by atoms with Gasteiger partial charge in [-0.25, -0.2) is 9.97 Å². The molecule has 3 aromatic rings. The van der Waals surface area contributed by atoms with Crippen molar-refractivity contribution in [3.8, 4) is 11.4 Å². The quantitative estimate of drug-likeness (QED) is 0.441. The number of benzene rings is 2. The van der Waals surface area contributed by atoms with E-state index in [-0.39, 0.29) is 5.91 Å². The highest BCUT2D eigenvalue weighted by Crippen LogP contribution is 2.28. The lowest BCUT2D eigenvalue weighted by molar-refractivity contribution is -0.118. The second-order valence-electron chi connectivity index (χ2n) is 7.83. The highest BCUT2D eigenvalue weighted by atomic mass is 32.2. The van der Waals surface area contributed by atoms with Crippen molar-refractivity contribution in [3.63, 3.8) is 0 Å². The Morgan fingerprint density at radius 2 is 1.79 bits per heavy atom. The monoisotopic (exact) mass is 405 g/mol. The zero-order valence-corrected chi connectivity index (χ0v) is 17.7. The lowest BCUT2D eigenvalue weighted by Gasteiger charge is -2.21. The van der Waals surface area contributed by atoms with Crippen LogP contribution in [0.25, 0.3) is 22.3 Å². The van der Waals surface area contributed by atoms with Crippen molar-refractivity contribution in [2.45, 2.75) is 44.1 Å². The molecule has 1 aliphatic rings. The van der Waals surface area contributed by atoms with Crippen LogP contribution in [0, 0.1) is 12.8 Å². The van der Waals surface area contributed by atoms with Crippen molar-refractivity contribution in [1.82, 2.24) is 15.3 Å². The molecular weight excluding hydrogens is 378 g/mol. The van der Waals surface area contributed by atoms with Crippen molar-refractivity contribution < 1.29 is 4.79 Å². The topological polar surface area (TPSA) is 54.9 Å². The first kappa shape index (κ1) is 19.9. The van der Waals surface area contributed by atoms with Gasteiger partial charge in [-0.3, -0.25) is 4.79 Å². The fraction of sp³-hybridized carbons (Fsp3) is 0.375. The summed E-state index contributed by atoms with van der Waals surface area (Å²) < 4.78 is 0. The Morgan fingerprint density at radius 3 is 2.59 bits per heavy atom. The highest BCUT2D eigenvalue weighted by Gasteiger charge is 2.15. The van der Waals surface area contributed by atoms with Gasteiger partial charge in [-0.2, -0.15) is 0 Å². The molecule has 1 N–H and O–H groups in total. The number of thioether (sulfide) groups is 1. The third kappa shape index (κ3) is 5.15. The number of carbonyl (C=O) groups is 1. The molecule has 1 fully saturated rings. The van der Waals surface area contributed by atoms with Crippen molar-refractivity contribution in [1.29, 1.82) is 0 Å². The maximum absolute atomic E-state index is 12.4. The van der Waals surface area contributed by atoms with Gasteiger partial charge in [0.25, 0.3) is 0 Å². The summed E-state index contributed by atoms with van der Waals surface area (Å²) in [5.74, 6) is 1.81. The van der Waals surface area contributed by atoms with Crippen molar-refractivity contribution in [2.75, 3.05) is 12.3 Å². The Labute approximate surface area is 176 Å². The van der Waals surface area contributed by atoms with Gasteiger partial charge in [0, 0.05) is 17.5 Å². The maximum atomic E-state index is 12.4. The molecule has 0 unspecified atom stereocenters. The predicted molar refractivity (Wildman–Crippen MR) is 120 cm³/mol. The smallest absolute Gasteiger partial charge is 0.230 e. The predicted octanol–water partition coefficient (Wildman–Crippen LogP) is 5.39. The molecule has 4 rings (SSSR count). The summed E-state index contributed by atoms with van der Waals surface area (Å²) >= 11 is 1.49. The number of aromatic nitrogens is 2. The van der Waals surface area contributed by atoms with Crippen LogP contribution in [0.3, 0.4) is 0 Å². The average molecular weight is 406 g/mol. The largest absolute Gasteiger partial charge is 0.355 e. The first-order valence-corrected chi connectivity index (χ1v) is 11.4. The zero-order valence-electron chi connectivity index (χ0n) is 16.9. The number of nitrogens with zero attached hydrogens (tertiary/aromatic N) is 2. The maximum Gasteiger partial charge on any atom is 0.230 e. The fourth-order valence-corrected chi connectivity index (χ4v) is 4.67. The Morgan fingerprint density at radius 1 is 1.03 bits per heavy atom. The van der Waals surface area contributed by atoms with E-state index in [1.54, 1.807) is 0 Å². The Kier molecular flexibility index (Phi) is 6.45. The van der Waals surface area contributed by atoms with Gasteiger partial charge in [0.05, 0.1) is 11.3 Å². The minimum absolute atomic E-state index is 0.0835. The molecule has 29 heavy (non-hydrogen) atoms. The zero-order chi connectivity index (χ0) is 20.1. The molecule has 0 aliphatic heterocycles. The molecule has 1 aromatic heterocycles. The molecular formula is C24H27N3OS. The van der Waals surface area contributed by atoms with E-state index >= 15 is 0 Å². The lowest BCUT2D eigenvalue weighted by Crippen LogP contribution is -2.31. The number of para-hydroxylation sites is 1. The molecule has 1 aliphatic carbocycles. The molecule has 1 saturated carbocycles. The SMILES string of the molecule is Cc1ccc(-c2nc(SCC(=O)NCC3CCCCC3)c3ccccc3n2)cc1. The van der Waals surface area contributed by atoms with Crippen LogP contribution in [0.1, 0.15) is 37.7 Å². The van der Waals surface area contributed by atoms with Gasteiger partial charge in [0.2, 0.25) is 5.91 Å². The molecule has 0 bridgehead atoms. The number of fused-ring (bicyclic) bond motifs is 1. The third-order valence-electron chi connectivity index (χ3n) is 5.53. The van der Waals surface area contributed by atoms with E-state index in [0.29, 0.717) is 17.5 Å². The molecule has 0 spiro atoms. The van der Waals surface area contributed by atoms with E-state index in [1.807, 2.05) is 36.4 Å². The van der Waals surface area contributed by atoms with E-state index in [9.17, 15) is 4.79 Å². The van der Waals surface area contributed by atoms with Crippen LogP contribution in [-0.2, 0) is 4.79 Å². The van der Waals surface area contributed by atoms with Crippen LogP contribution in [0.2, 0.25) is 0 Å². The summed E-state index contributed by atoms with van der Waals surface area (Å²) in [6.45, 7) is 2.87. The first-order valence-electron chi connectivity index (χ1n) is 10.4. The Hall–Kier alpha value is -2.40. The molecule has 1 amide bonds. The number of aryl methyl sites for hydroxylation is 1. The van der Waals surface area contributed by atoms with Crippen LogP contribution < -0.4 is 5.32 Å². The molecule has 5 heteroatoms. The summed E-state index contributed by atoms with van der Waals surface area (Å²) in [5, 5.41) is 4.97. The van der Waals surface area contributed by atoms with Gasteiger partial charge in [0.15, 0.2) is 5.82 Å². The van der Waals surface area contributed by atoms with Crippen LogP contribution >= 0.6 is 11.8 Å². The molecule has 1 heterocycles. The second-order valence-corrected chi connectivity index (χ2v) is 8.80. The third-order valence-corrected chi connectivity index (χ3v) is 6.52. The Bertz CT molecular complexity index is 981. The van der Waals surface area contributed by atoms with Crippen molar-refractivity contribution in [2.24, 2.45) is 5.92 Å². The standard InChI is InChI=1S/C24H27N3OS/c1-17-11-13-19(14-12-17)23-26-21-10-6-5-9-20(21)24(27-23)29-16-22(28)25-15-18-7-3-2-4-8-18/h5-6,9-14,18H,2-4,7-8,15-16H2,1H3,(H,25,28). The summed E-state index contributed by atoms with van der Waals surface area (Å²) in [6, 6.07) is 16.2. The minimum Gasteiger partial charge on any atom is -0.355 e.